The van der Waals surface area contributed by atoms with Crippen LogP contribution in [-0.4, -0.2) is 42.7 Å². The van der Waals surface area contributed by atoms with Gasteiger partial charge in [-0.1, -0.05) is 29.1 Å². The zero-order chi connectivity index (χ0) is 22.5. The van der Waals surface area contributed by atoms with Crippen LogP contribution in [-0.2, 0) is 9.53 Å². The normalized spacial score (nSPS) is 16.0. The maximum absolute atomic E-state index is 12.7. The lowest BCUT2D eigenvalue weighted by Gasteiger charge is -2.08. The zero-order valence-electron chi connectivity index (χ0n) is 16.5. The van der Waals surface area contributed by atoms with Crippen molar-refractivity contribution < 1.29 is 19.1 Å². The van der Waals surface area contributed by atoms with Crippen LogP contribution in [0.15, 0.2) is 46.3 Å². The van der Waals surface area contributed by atoms with Gasteiger partial charge in [-0.25, -0.2) is 9.79 Å². The number of thioether (sulfide) groups is 1. The Morgan fingerprint density at radius 1 is 1.26 bits per heavy atom. The molecule has 0 aromatic heterocycles. The van der Waals surface area contributed by atoms with E-state index < -0.39 is 5.97 Å². The molecule has 0 radical (unpaired) electrons. The minimum atomic E-state index is -0.431. The number of benzene rings is 2. The van der Waals surface area contributed by atoms with Crippen LogP contribution in [0.5, 0.6) is 5.75 Å². The number of halogens is 2. The second-order valence-corrected chi connectivity index (χ2v) is 8.04. The van der Waals surface area contributed by atoms with Gasteiger partial charge in [0.1, 0.15) is 6.61 Å². The van der Waals surface area contributed by atoms with Crippen molar-refractivity contribution in [1.82, 2.24) is 4.90 Å². The van der Waals surface area contributed by atoms with Crippen LogP contribution < -0.4 is 4.74 Å². The first kappa shape index (κ1) is 22.8. The molecular weight excluding hydrogens is 459 g/mol. The fraction of sp³-hybridized carbons (Fsp3) is 0.136. The van der Waals surface area contributed by atoms with E-state index in [2.05, 4.69) is 15.6 Å². The van der Waals surface area contributed by atoms with Crippen molar-refractivity contribution in [3.8, 4) is 18.1 Å². The van der Waals surface area contributed by atoms with E-state index in [1.807, 2.05) is 0 Å². The number of carbonyl (C=O) groups excluding carboxylic acids is 2. The van der Waals surface area contributed by atoms with Crippen LogP contribution in [0.2, 0.25) is 10.0 Å². The molecule has 2 aromatic carbocycles. The minimum Gasteiger partial charge on any atom is -0.478 e. The molecule has 0 N–H and O–H groups in total. The number of carbonyl (C=O) groups is 2. The highest BCUT2D eigenvalue weighted by atomic mass is 35.5. The van der Waals surface area contributed by atoms with Gasteiger partial charge in [0.2, 0.25) is 0 Å². The van der Waals surface area contributed by atoms with Crippen molar-refractivity contribution in [2.24, 2.45) is 4.99 Å². The fourth-order valence-corrected chi connectivity index (χ4v) is 4.22. The first-order valence-electron chi connectivity index (χ1n) is 8.84. The summed E-state index contributed by atoms with van der Waals surface area (Å²) >= 11 is 13.7. The molecule has 6 nitrogen and oxygen atoms in total. The van der Waals surface area contributed by atoms with E-state index in [1.165, 1.54) is 23.8 Å². The van der Waals surface area contributed by atoms with E-state index >= 15 is 0 Å². The van der Waals surface area contributed by atoms with Crippen molar-refractivity contribution in [2.45, 2.75) is 0 Å². The number of methoxy groups -OCH3 is 1. The number of ether oxygens (including phenoxy) is 2. The van der Waals surface area contributed by atoms with Gasteiger partial charge in [-0.05, 0) is 59.8 Å². The Kier molecular flexibility index (Phi) is 7.29. The second kappa shape index (κ2) is 9.92. The third-order valence-corrected chi connectivity index (χ3v) is 5.76. The van der Waals surface area contributed by atoms with Gasteiger partial charge >= 0.3 is 5.97 Å². The van der Waals surface area contributed by atoms with Crippen molar-refractivity contribution in [3.05, 3.63) is 62.5 Å². The highest BCUT2D eigenvalue weighted by molar-refractivity contribution is 8.18. The van der Waals surface area contributed by atoms with Crippen LogP contribution >= 0.6 is 35.0 Å². The van der Waals surface area contributed by atoms with Gasteiger partial charge in [0.05, 0.1) is 33.3 Å². The first-order chi connectivity index (χ1) is 14.8. The summed E-state index contributed by atoms with van der Waals surface area (Å²) < 4.78 is 10.0. The molecular formula is C22H16Cl2N2O4S. The number of hydrogen-bond acceptors (Lipinski definition) is 6. The summed E-state index contributed by atoms with van der Waals surface area (Å²) in [5, 5.41) is 1.07. The molecule has 1 saturated heterocycles. The number of amidine groups is 1. The van der Waals surface area contributed by atoms with Gasteiger partial charge in [0.15, 0.2) is 10.9 Å². The van der Waals surface area contributed by atoms with Crippen LogP contribution in [0.3, 0.4) is 0 Å². The molecule has 31 heavy (non-hydrogen) atoms. The Balaban J connectivity index is 1.84. The Morgan fingerprint density at radius 2 is 1.90 bits per heavy atom. The molecule has 0 atom stereocenters. The summed E-state index contributed by atoms with van der Waals surface area (Å²) in [6.45, 7) is 0.0411. The van der Waals surface area contributed by atoms with Crippen LogP contribution in [0.4, 0.5) is 5.69 Å². The molecule has 0 unspecified atom stereocenters. The largest absolute Gasteiger partial charge is 0.478 e. The molecule has 1 aliphatic heterocycles. The van der Waals surface area contributed by atoms with Gasteiger partial charge in [-0.2, -0.15) is 0 Å². The summed E-state index contributed by atoms with van der Waals surface area (Å²) in [6.07, 6.45) is 6.87. The maximum Gasteiger partial charge on any atom is 0.337 e. The lowest BCUT2D eigenvalue weighted by atomic mass is 10.2. The van der Waals surface area contributed by atoms with E-state index in [9.17, 15) is 9.59 Å². The second-order valence-electron chi connectivity index (χ2n) is 6.21. The smallest absolute Gasteiger partial charge is 0.337 e. The van der Waals surface area contributed by atoms with E-state index in [0.29, 0.717) is 32.6 Å². The van der Waals surface area contributed by atoms with E-state index in [1.54, 1.807) is 49.5 Å². The van der Waals surface area contributed by atoms with Gasteiger partial charge in [-0.15, -0.1) is 6.42 Å². The third-order valence-electron chi connectivity index (χ3n) is 4.13. The summed E-state index contributed by atoms with van der Waals surface area (Å²) in [6, 6.07) is 9.85. The molecule has 0 bridgehead atoms. The monoisotopic (exact) mass is 474 g/mol. The SMILES string of the molecule is C#CCOc1c(Cl)cc(/C=C2/SC(=Nc3ccc(C(=O)OC)cc3)N(C)C2=O)cc1Cl. The summed E-state index contributed by atoms with van der Waals surface area (Å²) in [4.78, 5) is 30.6. The standard InChI is InChI=1S/C22H16Cl2N2O4S/c1-4-9-30-19-16(23)10-13(11-17(19)24)12-18-20(27)26(2)22(31-18)25-15-7-5-14(6-8-15)21(28)29-3/h1,5-8,10-12H,9H2,2-3H3/b18-12+,25-22?. The number of aliphatic imine (C=N–C) groups is 1. The molecule has 0 saturated carbocycles. The lowest BCUT2D eigenvalue weighted by molar-refractivity contribution is -0.121. The van der Waals surface area contributed by atoms with Gasteiger partial charge < -0.3 is 9.47 Å². The number of likely N-dealkylation sites (N-methyl/N-ethyl adjacent to an activating group) is 1. The Bertz CT molecular complexity index is 1110. The minimum absolute atomic E-state index is 0.0411. The predicted molar refractivity (Wildman–Crippen MR) is 124 cm³/mol. The maximum atomic E-state index is 12.7. The van der Waals surface area contributed by atoms with E-state index in [-0.39, 0.29) is 22.6 Å². The molecule has 1 heterocycles. The van der Waals surface area contributed by atoms with E-state index in [4.69, 9.17) is 34.4 Å². The van der Waals surface area contributed by atoms with Crippen LogP contribution in [0.1, 0.15) is 15.9 Å². The summed E-state index contributed by atoms with van der Waals surface area (Å²) in [7, 11) is 2.95. The third kappa shape index (κ3) is 5.23. The molecule has 1 aliphatic rings. The molecule has 0 spiro atoms. The van der Waals surface area contributed by atoms with Gasteiger partial charge in [0, 0.05) is 7.05 Å². The van der Waals surface area contributed by atoms with Gasteiger partial charge in [-0.3, -0.25) is 9.69 Å². The van der Waals surface area contributed by atoms with Crippen molar-refractivity contribution >= 4 is 63.8 Å². The number of nitrogens with zero attached hydrogens (tertiary/aromatic N) is 2. The summed E-state index contributed by atoms with van der Waals surface area (Å²) in [5.41, 5.74) is 1.65. The Morgan fingerprint density at radius 3 is 2.48 bits per heavy atom. The molecule has 0 aliphatic carbocycles. The Hall–Kier alpha value is -2.92. The predicted octanol–water partition coefficient (Wildman–Crippen LogP) is 5.03. The van der Waals surface area contributed by atoms with Crippen LogP contribution in [0.25, 0.3) is 6.08 Å². The number of esters is 1. The number of rotatable bonds is 5. The Labute approximate surface area is 193 Å². The molecule has 1 amide bonds. The molecule has 9 heteroatoms. The quantitative estimate of drug-likeness (QED) is 0.345. The highest BCUT2D eigenvalue weighted by Gasteiger charge is 2.30. The van der Waals surface area contributed by atoms with Gasteiger partial charge in [0.25, 0.3) is 5.91 Å². The number of amides is 1. The molecule has 2 aromatic rings. The summed E-state index contributed by atoms with van der Waals surface area (Å²) in [5.74, 6) is 2.00. The fourth-order valence-electron chi connectivity index (χ4n) is 2.62. The topological polar surface area (TPSA) is 68.2 Å². The average molecular weight is 475 g/mol. The number of terminal acetylenes is 1. The van der Waals surface area contributed by atoms with E-state index in [0.717, 1.165) is 0 Å². The molecule has 1 fully saturated rings. The lowest BCUT2D eigenvalue weighted by Crippen LogP contribution is -2.23. The number of hydrogen-bond donors (Lipinski definition) is 0. The molecule has 3 rings (SSSR count). The van der Waals surface area contributed by atoms with Crippen LogP contribution in [0, 0.1) is 12.3 Å². The van der Waals surface area contributed by atoms with Crippen molar-refractivity contribution in [2.75, 3.05) is 20.8 Å². The first-order valence-corrected chi connectivity index (χ1v) is 10.4. The molecule has 158 valence electrons. The van der Waals surface area contributed by atoms with Crippen molar-refractivity contribution in [1.29, 1.82) is 0 Å². The zero-order valence-corrected chi connectivity index (χ0v) is 18.8. The highest BCUT2D eigenvalue weighted by Crippen LogP contribution is 2.37. The average Bonchev–Trinajstić information content (AvgIpc) is 3.01. The van der Waals surface area contributed by atoms with Crippen molar-refractivity contribution in [3.63, 3.8) is 0 Å².